The number of nitrogens with one attached hydrogen (secondary N) is 2. The van der Waals surface area contributed by atoms with E-state index in [0.29, 0.717) is 0 Å². The summed E-state index contributed by atoms with van der Waals surface area (Å²) in [6.45, 7) is 0. The maximum Gasteiger partial charge on any atom is 0.336 e. The van der Waals surface area contributed by atoms with Gasteiger partial charge in [0, 0.05) is 21.1 Å². The Labute approximate surface area is 153 Å². The molecule has 0 aliphatic heterocycles. The molecule has 2 atom stereocenters. The van der Waals surface area contributed by atoms with Crippen molar-refractivity contribution in [2.75, 3.05) is 0 Å². The summed E-state index contributed by atoms with van der Waals surface area (Å²) in [6.07, 6.45) is 4.25. The molecule has 0 bridgehead atoms. The molecule has 1 fully saturated rings. The van der Waals surface area contributed by atoms with Gasteiger partial charge in [0.05, 0.1) is 16.7 Å². The van der Waals surface area contributed by atoms with Gasteiger partial charge in [-0.25, -0.2) is 14.4 Å². The Bertz CT molecular complexity index is 598. The monoisotopic (exact) mass is 517 g/mol. The molecule has 0 amide bonds. The van der Waals surface area contributed by atoms with E-state index < -0.39 is 29.0 Å². The van der Waals surface area contributed by atoms with Crippen molar-refractivity contribution < 1.29 is 50.8 Å². The number of rotatable bonds is 3. The molecule has 0 heterocycles. The van der Waals surface area contributed by atoms with Crippen molar-refractivity contribution in [3.8, 4) is 0 Å². The smallest absolute Gasteiger partial charge is 0.336 e. The predicted octanol–water partition coefficient (Wildman–Crippen LogP) is 3.18. The van der Waals surface area contributed by atoms with Crippen LogP contribution in [0.4, 0.5) is 0 Å². The van der Waals surface area contributed by atoms with E-state index in [9.17, 15) is 14.4 Å². The summed E-state index contributed by atoms with van der Waals surface area (Å²) < 4.78 is 0. The first-order chi connectivity index (χ1) is 10.7. The normalized spacial score (nSPS) is 19.2. The van der Waals surface area contributed by atoms with Crippen molar-refractivity contribution >= 4 is 17.9 Å². The minimum Gasteiger partial charge on any atom is -0.676 e. The fourth-order valence-electron chi connectivity index (χ4n) is 2.17. The summed E-state index contributed by atoms with van der Waals surface area (Å²) in [5.74, 6) is -4.20. The standard InChI is InChI=1S/C9H6O6.C6H12N2.Pt/c10-7(11)4-1-2-5(8(12)13)6(3-4)9(14)15;7-5-3-1-2-4-6(5)8;/h1-3H,(H,10,11)(H,12,13)(H,14,15);5-8H,1-4H2;/q;-2;/t;5-,6-;/m.1./s1. The Kier molecular flexibility index (Phi) is 9.43. The molecule has 0 spiro atoms. The summed E-state index contributed by atoms with van der Waals surface area (Å²) in [7, 11) is 0. The Morgan fingerprint density at radius 1 is 0.833 bits per heavy atom. The summed E-state index contributed by atoms with van der Waals surface area (Å²) in [5.41, 5.74) is 13.3. The first kappa shape index (κ1) is 22.2. The zero-order chi connectivity index (χ0) is 17.6. The minimum absolute atomic E-state index is 0. The van der Waals surface area contributed by atoms with Crippen molar-refractivity contribution in [1.82, 2.24) is 0 Å². The maximum absolute atomic E-state index is 10.6. The summed E-state index contributed by atoms with van der Waals surface area (Å²) in [6, 6.07) is 2.65. The number of hydrogen-bond acceptors (Lipinski definition) is 3. The number of carbonyl (C=O) groups is 3. The molecule has 136 valence electrons. The SMILES string of the molecule is O=C(O)c1ccc(C(=O)O)c(C(=O)O)c1.[NH-][C@@H]1CCCC[C@H]1[NH-].[Pt]. The van der Waals surface area contributed by atoms with Gasteiger partial charge in [-0.15, -0.1) is 0 Å². The van der Waals surface area contributed by atoms with E-state index >= 15 is 0 Å². The van der Waals surface area contributed by atoms with Crippen LogP contribution in [0.2, 0.25) is 0 Å². The molecule has 2 rings (SSSR count). The Hall–Kier alpha value is -1.76. The van der Waals surface area contributed by atoms with Crippen LogP contribution in [0, 0.1) is 0 Å². The molecule has 1 aliphatic carbocycles. The molecule has 1 aromatic carbocycles. The van der Waals surface area contributed by atoms with Crippen LogP contribution in [0.15, 0.2) is 18.2 Å². The molecule has 0 aromatic heterocycles. The van der Waals surface area contributed by atoms with Gasteiger partial charge in [-0.2, -0.15) is 12.1 Å². The van der Waals surface area contributed by atoms with Crippen molar-refractivity contribution in [1.29, 1.82) is 0 Å². The van der Waals surface area contributed by atoms with Crippen LogP contribution in [0.3, 0.4) is 0 Å². The molecule has 0 radical (unpaired) electrons. The van der Waals surface area contributed by atoms with Gasteiger partial charge in [-0.05, 0) is 18.2 Å². The van der Waals surface area contributed by atoms with E-state index in [2.05, 4.69) is 0 Å². The van der Waals surface area contributed by atoms with Crippen LogP contribution >= 0.6 is 0 Å². The van der Waals surface area contributed by atoms with E-state index in [4.69, 9.17) is 26.8 Å². The van der Waals surface area contributed by atoms with Crippen LogP contribution in [-0.2, 0) is 21.1 Å². The number of carboxylic acid groups (broad SMARTS) is 3. The van der Waals surface area contributed by atoms with E-state index in [1.165, 1.54) is 12.8 Å². The summed E-state index contributed by atoms with van der Waals surface area (Å²) >= 11 is 0. The number of aromatic carboxylic acids is 3. The van der Waals surface area contributed by atoms with Crippen LogP contribution in [0.5, 0.6) is 0 Å². The quantitative estimate of drug-likeness (QED) is 0.558. The van der Waals surface area contributed by atoms with Gasteiger partial charge < -0.3 is 26.8 Å². The van der Waals surface area contributed by atoms with Crippen LogP contribution in [0.25, 0.3) is 11.5 Å². The van der Waals surface area contributed by atoms with Crippen LogP contribution in [-0.4, -0.2) is 45.3 Å². The molecule has 24 heavy (non-hydrogen) atoms. The summed E-state index contributed by atoms with van der Waals surface area (Å²) in [4.78, 5) is 31.8. The van der Waals surface area contributed by atoms with E-state index in [-0.39, 0.29) is 38.7 Å². The minimum atomic E-state index is -1.48. The van der Waals surface area contributed by atoms with Crippen LogP contribution < -0.4 is 0 Å². The number of benzene rings is 1. The average Bonchev–Trinajstić information content (AvgIpc) is 2.50. The second-order valence-electron chi connectivity index (χ2n) is 5.17. The molecular weight excluding hydrogens is 499 g/mol. The zero-order valence-corrected chi connectivity index (χ0v) is 14.9. The van der Waals surface area contributed by atoms with Crippen molar-refractivity contribution in [2.24, 2.45) is 0 Å². The fourth-order valence-corrected chi connectivity index (χ4v) is 2.17. The second-order valence-corrected chi connectivity index (χ2v) is 5.17. The fraction of sp³-hybridized carbons (Fsp3) is 0.400. The molecule has 5 N–H and O–H groups in total. The largest absolute Gasteiger partial charge is 0.676 e. The third-order valence-corrected chi connectivity index (χ3v) is 3.49. The number of hydrogen-bond donors (Lipinski definition) is 3. The average molecular weight is 517 g/mol. The van der Waals surface area contributed by atoms with Gasteiger partial charge in [0.1, 0.15) is 0 Å². The van der Waals surface area contributed by atoms with Gasteiger partial charge >= 0.3 is 17.9 Å². The molecule has 0 unspecified atom stereocenters. The summed E-state index contributed by atoms with van der Waals surface area (Å²) in [5, 5.41) is 25.9. The van der Waals surface area contributed by atoms with E-state index in [1.54, 1.807) is 0 Å². The van der Waals surface area contributed by atoms with Gasteiger partial charge in [0.15, 0.2) is 0 Å². The molecule has 8 nitrogen and oxygen atoms in total. The maximum atomic E-state index is 10.6. The zero-order valence-electron chi connectivity index (χ0n) is 12.6. The number of carboxylic acids is 3. The van der Waals surface area contributed by atoms with Gasteiger partial charge in [0.25, 0.3) is 0 Å². The molecule has 9 heteroatoms. The topological polar surface area (TPSA) is 160 Å². The molecule has 1 aromatic rings. The van der Waals surface area contributed by atoms with E-state index in [0.717, 1.165) is 31.0 Å². The van der Waals surface area contributed by atoms with Crippen molar-refractivity contribution in [3.05, 3.63) is 46.4 Å². The first-order valence-electron chi connectivity index (χ1n) is 7.00. The van der Waals surface area contributed by atoms with Crippen molar-refractivity contribution in [3.63, 3.8) is 0 Å². The van der Waals surface area contributed by atoms with Gasteiger partial charge in [-0.1, -0.05) is 25.7 Å². The molecule has 1 aliphatic rings. The first-order valence-corrected chi connectivity index (χ1v) is 7.00. The Morgan fingerprint density at radius 2 is 1.29 bits per heavy atom. The third kappa shape index (κ3) is 6.39. The van der Waals surface area contributed by atoms with Gasteiger partial charge in [0.2, 0.25) is 0 Å². The molecular formula is C15H18N2O6Pt-2. The Morgan fingerprint density at radius 3 is 1.62 bits per heavy atom. The Balaban J connectivity index is 0.000000498. The third-order valence-electron chi connectivity index (χ3n) is 3.49. The van der Waals surface area contributed by atoms with Gasteiger partial charge in [-0.3, -0.25) is 0 Å². The van der Waals surface area contributed by atoms with Crippen molar-refractivity contribution in [2.45, 2.75) is 37.8 Å². The van der Waals surface area contributed by atoms with E-state index in [1.807, 2.05) is 0 Å². The molecule has 1 saturated carbocycles. The second kappa shape index (κ2) is 10.2. The van der Waals surface area contributed by atoms with Crippen LogP contribution in [0.1, 0.15) is 56.8 Å². The predicted molar refractivity (Wildman–Crippen MR) is 82.0 cm³/mol. The molecule has 0 saturated heterocycles.